The predicted molar refractivity (Wildman–Crippen MR) is 182 cm³/mol. The molecule has 3 aromatic carbocycles. The van der Waals surface area contributed by atoms with Crippen molar-refractivity contribution in [1.82, 2.24) is 5.32 Å². The van der Waals surface area contributed by atoms with Gasteiger partial charge >= 0.3 is 17.8 Å². The van der Waals surface area contributed by atoms with Crippen molar-refractivity contribution < 1.29 is 38.2 Å². The van der Waals surface area contributed by atoms with Crippen LogP contribution < -0.4 is 24.7 Å². The third-order valence-corrected chi connectivity index (χ3v) is 9.58. The van der Waals surface area contributed by atoms with Gasteiger partial charge in [0.25, 0.3) is 0 Å². The van der Waals surface area contributed by atoms with E-state index in [1.165, 1.54) is 12.2 Å². The zero-order chi connectivity index (χ0) is 33.2. The highest BCUT2D eigenvalue weighted by Gasteiger charge is 2.37. The van der Waals surface area contributed by atoms with Crippen LogP contribution in [0.5, 0.6) is 17.2 Å². The minimum atomic E-state index is -0.864. The zero-order valence-electron chi connectivity index (χ0n) is 26.0. The summed E-state index contributed by atoms with van der Waals surface area (Å²) in [6.07, 6.45) is 0.617. The minimum absolute atomic E-state index is 0.0831. The predicted octanol–water partition coefficient (Wildman–Crippen LogP) is 6.68. The van der Waals surface area contributed by atoms with E-state index in [4.69, 9.17) is 23.8 Å². The van der Waals surface area contributed by atoms with Crippen molar-refractivity contribution in [2.45, 2.75) is 25.9 Å². The second kappa shape index (κ2) is 16.4. The number of anilines is 1. The van der Waals surface area contributed by atoms with Crippen LogP contribution in [0.25, 0.3) is 10.4 Å². The Morgan fingerprint density at radius 2 is 1.64 bits per heavy atom. The van der Waals surface area contributed by atoms with Crippen molar-refractivity contribution in [2.75, 3.05) is 38.5 Å². The van der Waals surface area contributed by atoms with Gasteiger partial charge in [0.1, 0.15) is 5.75 Å². The molecule has 246 valence electrons. The molecule has 47 heavy (non-hydrogen) atoms. The topological polar surface area (TPSA) is 113 Å². The van der Waals surface area contributed by atoms with Crippen LogP contribution in [0.4, 0.5) is 5.69 Å². The number of carbonyl (C=O) groups excluding carboxylic acids is 3. The Morgan fingerprint density at radius 1 is 0.957 bits per heavy atom. The number of esters is 2. The molecule has 0 spiro atoms. The smallest absolute Gasteiger partial charge is 0.351 e. The number of para-hydroxylation sites is 2. The molecule has 1 fully saturated rings. The van der Waals surface area contributed by atoms with Crippen molar-refractivity contribution in [3.63, 3.8) is 0 Å². The first-order valence-electron chi connectivity index (χ1n) is 15.2. The Bertz CT molecular complexity index is 1660. The number of carbonyl (C=O) groups is 3. The van der Waals surface area contributed by atoms with Crippen LogP contribution in [-0.4, -0.2) is 57.4 Å². The lowest BCUT2D eigenvalue weighted by atomic mass is 9.91. The summed E-state index contributed by atoms with van der Waals surface area (Å²) in [5.74, 6) is -0.438. The van der Waals surface area contributed by atoms with E-state index < -0.39 is 18.0 Å². The number of ether oxygens (including phenoxy) is 4. The molecule has 0 aliphatic carbocycles. The highest BCUT2D eigenvalue weighted by molar-refractivity contribution is 9.10. The highest BCUT2D eigenvalue weighted by Crippen LogP contribution is 2.46. The summed E-state index contributed by atoms with van der Waals surface area (Å²) in [6, 6.07) is 25.6. The molecule has 1 aromatic heterocycles. The Morgan fingerprint density at radius 3 is 2.32 bits per heavy atom. The number of nitrogens with one attached hydrogen (secondary N) is 1. The van der Waals surface area contributed by atoms with Gasteiger partial charge in [-0.05, 0) is 90.7 Å². The van der Waals surface area contributed by atoms with Crippen LogP contribution in [-0.2, 0) is 19.1 Å². The van der Waals surface area contributed by atoms with Crippen molar-refractivity contribution in [3.05, 3.63) is 94.3 Å². The number of methoxy groups -OCH3 is 1. The maximum atomic E-state index is 14.4. The SMILES string of the molecule is CCOC(=O)COc1c(C(=O)OC)sc(-c2cccc(OC(C(=O)N(Oc3ccccc3)c3ccccc3)C3CCNCC3)c2)c1Br. The molecule has 1 unspecified atom stereocenters. The second-order valence-electron chi connectivity index (χ2n) is 10.5. The van der Waals surface area contributed by atoms with Crippen molar-refractivity contribution in [2.24, 2.45) is 5.92 Å². The summed E-state index contributed by atoms with van der Waals surface area (Å²) in [6.45, 7) is 3.05. The third-order valence-electron chi connectivity index (χ3n) is 7.36. The van der Waals surface area contributed by atoms with E-state index in [2.05, 4.69) is 21.2 Å². The van der Waals surface area contributed by atoms with Gasteiger partial charge in [-0.15, -0.1) is 16.4 Å². The molecule has 10 nitrogen and oxygen atoms in total. The van der Waals surface area contributed by atoms with E-state index in [-0.39, 0.29) is 35.7 Å². The molecule has 0 radical (unpaired) electrons. The van der Waals surface area contributed by atoms with Gasteiger partial charge in [0.05, 0.1) is 28.8 Å². The maximum absolute atomic E-state index is 14.4. The quantitative estimate of drug-likeness (QED) is 0.119. The highest BCUT2D eigenvalue weighted by atomic mass is 79.9. The standard InChI is InChI=1S/C35H35BrN2O8S/c1-3-43-28(39)22-44-31-29(36)32(47-33(31)35(41)42-2)24-11-10-16-27(21-24)45-30(23-17-19-37-20-18-23)34(40)38(25-12-6-4-7-13-25)46-26-14-8-5-9-15-26/h4-16,21,23,30,37H,3,17-20,22H2,1-2H3. The van der Waals surface area contributed by atoms with Crippen LogP contribution in [0.3, 0.4) is 0 Å². The summed E-state index contributed by atoms with van der Waals surface area (Å²) in [5.41, 5.74) is 1.28. The van der Waals surface area contributed by atoms with Crippen LogP contribution in [0.1, 0.15) is 29.4 Å². The first kappa shape index (κ1) is 34.0. The number of halogens is 1. The van der Waals surface area contributed by atoms with Crippen molar-refractivity contribution in [1.29, 1.82) is 0 Å². The van der Waals surface area contributed by atoms with Gasteiger partial charge in [-0.3, -0.25) is 4.79 Å². The van der Waals surface area contributed by atoms with Gasteiger partial charge in [0.15, 0.2) is 29.1 Å². The first-order valence-corrected chi connectivity index (χ1v) is 16.8. The fourth-order valence-electron chi connectivity index (χ4n) is 5.11. The van der Waals surface area contributed by atoms with E-state index >= 15 is 0 Å². The lowest BCUT2D eigenvalue weighted by molar-refractivity contribution is -0.145. The molecule has 1 N–H and O–H groups in total. The number of hydrogen-bond acceptors (Lipinski definition) is 10. The Balaban J connectivity index is 1.47. The van der Waals surface area contributed by atoms with Gasteiger partial charge < -0.3 is 29.1 Å². The summed E-state index contributed by atoms with van der Waals surface area (Å²) in [4.78, 5) is 46.1. The normalized spacial score (nSPS) is 13.7. The van der Waals surface area contributed by atoms with Crippen molar-refractivity contribution >= 4 is 50.8 Å². The van der Waals surface area contributed by atoms with E-state index in [0.717, 1.165) is 37.3 Å². The lowest BCUT2D eigenvalue weighted by Crippen LogP contribution is -2.49. The van der Waals surface area contributed by atoms with Crippen LogP contribution >= 0.6 is 27.3 Å². The van der Waals surface area contributed by atoms with Gasteiger partial charge in [-0.2, -0.15) is 0 Å². The molecule has 1 saturated heterocycles. The van der Waals surface area contributed by atoms with E-state index in [0.29, 0.717) is 32.1 Å². The summed E-state index contributed by atoms with van der Waals surface area (Å²) in [7, 11) is 1.28. The molecule has 12 heteroatoms. The number of thiophene rings is 1. The van der Waals surface area contributed by atoms with E-state index in [1.807, 2.05) is 60.7 Å². The first-order chi connectivity index (χ1) is 22.9. The van der Waals surface area contributed by atoms with E-state index in [1.54, 1.807) is 31.2 Å². The molecule has 1 atom stereocenters. The second-order valence-corrected chi connectivity index (χ2v) is 12.3. The number of nitrogens with zero attached hydrogens (tertiary/aromatic N) is 1. The van der Waals surface area contributed by atoms with Gasteiger partial charge in [0, 0.05) is 5.92 Å². The molecule has 5 rings (SSSR count). The average Bonchev–Trinajstić information content (AvgIpc) is 3.45. The summed E-state index contributed by atoms with van der Waals surface area (Å²) >= 11 is 4.71. The van der Waals surface area contributed by atoms with Gasteiger partial charge in [0.2, 0.25) is 0 Å². The molecule has 4 aromatic rings. The van der Waals surface area contributed by atoms with E-state index in [9.17, 15) is 14.4 Å². The molecular formula is C35H35BrN2O8S. The Kier molecular flexibility index (Phi) is 11.9. The number of piperidine rings is 1. The number of hydroxylamine groups is 1. The summed E-state index contributed by atoms with van der Waals surface area (Å²) < 4.78 is 22.7. The zero-order valence-corrected chi connectivity index (χ0v) is 28.4. The molecular weight excluding hydrogens is 688 g/mol. The van der Waals surface area contributed by atoms with Crippen LogP contribution in [0.15, 0.2) is 89.4 Å². The molecule has 0 saturated carbocycles. The third kappa shape index (κ3) is 8.51. The fraction of sp³-hybridized carbons (Fsp3) is 0.286. The maximum Gasteiger partial charge on any atom is 0.351 e. The van der Waals surface area contributed by atoms with Gasteiger partial charge in [-0.25, -0.2) is 9.59 Å². The average molecular weight is 724 g/mol. The fourth-order valence-corrected chi connectivity index (χ4v) is 7.08. The molecule has 1 amide bonds. The Labute approximate surface area is 285 Å². The minimum Gasteiger partial charge on any atom is -0.480 e. The van der Waals surface area contributed by atoms with Crippen molar-refractivity contribution in [3.8, 4) is 27.7 Å². The number of benzene rings is 3. The monoisotopic (exact) mass is 722 g/mol. The molecule has 1 aliphatic heterocycles. The number of hydrogen-bond donors (Lipinski definition) is 1. The number of amides is 1. The molecule has 1 aliphatic rings. The molecule has 0 bridgehead atoms. The lowest BCUT2D eigenvalue weighted by Gasteiger charge is -2.33. The number of rotatable bonds is 13. The van der Waals surface area contributed by atoms with Crippen LogP contribution in [0, 0.1) is 5.92 Å². The Hall–Kier alpha value is -4.39. The largest absolute Gasteiger partial charge is 0.480 e. The van der Waals surface area contributed by atoms with Crippen LogP contribution in [0.2, 0.25) is 0 Å². The molecule has 2 heterocycles. The summed E-state index contributed by atoms with van der Waals surface area (Å²) in [5, 5.41) is 4.66. The van der Waals surface area contributed by atoms with Gasteiger partial charge in [-0.1, -0.05) is 48.5 Å².